The van der Waals surface area contributed by atoms with E-state index in [4.69, 9.17) is 33.2 Å². The van der Waals surface area contributed by atoms with Crippen LogP contribution >= 0.6 is 23.2 Å². The van der Waals surface area contributed by atoms with Crippen molar-refractivity contribution in [1.82, 2.24) is 5.01 Å². The number of nitrogens with one attached hydrogen (secondary N) is 1. The van der Waals surface area contributed by atoms with E-state index in [1.165, 1.54) is 18.2 Å². The molecule has 7 nitrogen and oxygen atoms in total. The van der Waals surface area contributed by atoms with Crippen molar-refractivity contribution in [3.05, 3.63) is 76.3 Å². The molecular weight excluding hydrogens is 439 g/mol. The van der Waals surface area contributed by atoms with Gasteiger partial charge in [-0.25, -0.2) is 4.79 Å². The van der Waals surface area contributed by atoms with Gasteiger partial charge in [0.15, 0.2) is 4.87 Å². The van der Waals surface area contributed by atoms with Gasteiger partial charge in [0, 0.05) is 10.6 Å². The zero-order valence-corrected chi connectivity index (χ0v) is 18.3. The highest BCUT2D eigenvalue weighted by Gasteiger charge is 2.34. The quantitative estimate of drug-likeness (QED) is 0.282. The van der Waals surface area contributed by atoms with Gasteiger partial charge in [-0.1, -0.05) is 65.7 Å². The molecule has 2 aromatic carbocycles. The lowest BCUT2D eigenvalue weighted by atomic mass is 9.91. The van der Waals surface area contributed by atoms with Crippen LogP contribution in [0.3, 0.4) is 0 Å². The number of halogens is 2. The van der Waals surface area contributed by atoms with Crippen LogP contribution in [0, 0.1) is 29.6 Å². The summed E-state index contributed by atoms with van der Waals surface area (Å²) in [6.45, 7) is 6.81. The van der Waals surface area contributed by atoms with Gasteiger partial charge in [-0.3, -0.25) is 10.2 Å². The lowest BCUT2D eigenvalue weighted by Gasteiger charge is -2.24. The average Bonchev–Trinajstić information content (AvgIpc) is 2.76. The minimum absolute atomic E-state index is 0.0104. The molecule has 0 saturated carbocycles. The summed E-state index contributed by atoms with van der Waals surface area (Å²) in [5, 5.41) is 19.3. The Morgan fingerprint density at radius 2 is 1.87 bits per heavy atom. The average molecular weight is 457 g/mol. The van der Waals surface area contributed by atoms with E-state index in [9.17, 15) is 14.9 Å². The first kappa shape index (κ1) is 23.8. The molecule has 2 amide bonds. The minimum atomic E-state index is -1.55. The fourth-order valence-electron chi connectivity index (χ4n) is 2.61. The van der Waals surface area contributed by atoms with E-state index in [-0.39, 0.29) is 17.3 Å². The lowest BCUT2D eigenvalue weighted by molar-refractivity contribution is -0.124. The lowest BCUT2D eigenvalue weighted by Crippen LogP contribution is -2.42. The maximum atomic E-state index is 12.3. The number of alkyl halides is 1. The van der Waals surface area contributed by atoms with Gasteiger partial charge in [0.05, 0.1) is 18.4 Å². The van der Waals surface area contributed by atoms with E-state index in [1.54, 1.807) is 25.1 Å². The van der Waals surface area contributed by atoms with E-state index in [0.717, 1.165) is 5.56 Å². The van der Waals surface area contributed by atoms with Crippen LogP contribution < -0.4 is 5.43 Å². The van der Waals surface area contributed by atoms with Crippen LogP contribution in [0.1, 0.15) is 23.6 Å². The molecule has 9 heteroatoms. The molecule has 0 bridgehead atoms. The maximum absolute atomic E-state index is 12.3. The summed E-state index contributed by atoms with van der Waals surface area (Å²) in [6.07, 6.45) is -1.02. The number of rotatable bonds is 6. The first-order valence-corrected chi connectivity index (χ1v) is 9.77. The summed E-state index contributed by atoms with van der Waals surface area (Å²) in [5.41, 5.74) is 4.18. The van der Waals surface area contributed by atoms with Crippen LogP contribution in [0.5, 0.6) is 0 Å². The number of nitrogens with zero attached hydrogens (tertiary/aromatic N) is 3. The molecule has 0 aromatic heterocycles. The number of ether oxygens (including phenoxy) is 1. The highest BCUT2D eigenvalue weighted by Crippen LogP contribution is 2.40. The van der Waals surface area contributed by atoms with Crippen LogP contribution in [-0.2, 0) is 14.4 Å². The summed E-state index contributed by atoms with van der Waals surface area (Å²) in [4.78, 5) is 22.9. The molecule has 0 saturated heterocycles. The monoisotopic (exact) mass is 456 g/mol. The van der Waals surface area contributed by atoms with Crippen LogP contribution in [0.15, 0.2) is 54.6 Å². The number of hydrazine groups is 1. The number of benzene rings is 2. The molecule has 0 aliphatic carbocycles. The number of hydrogen-bond donors (Lipinski definition) is 1. The molecule has 158 valence electrons. The van der Waals surface area contributed by atoms with Crippen molar-refractivity contribution in [2.45, 2.75) is 18.7 Å². The molecule has 0 aliphatic heterocycles. The summed E-state index contributed by atoms with van der Waals surface area (Å²) in [6, 6.07) is 15.2. The highest BCUT2D eigenvalue weighted by atomic mass is 35.5. The molecule has 1 N–H and O–H groups in total. The van der Waals surface area contributed by atoms with Crippen molar-refractivity contribution in [2.75, 3.05) is 12.0 Å². The topological polar surface area (TPSA) is 106 Å². The number of imide groups is 1. The molecule has 2 rings (SSSR count). The SMILES string of the molecule is C=C(C#N)C(=O)N(Nc1ccc(C(Cl)(C#N)c2ccc(C)cc2)c(Cl)c1)C(=O)OCC. The summed E-state index contributed by atoms with van der Waals surface area (Å²) in [5.74, 6) is -0.982. The number of carbonyl (C=O) groups is 2. The van der Waals surface area contributed by atoms with Gasteiger partial charge in [-0.15, -0.1) is 5.01 Å². The van der Waals surface area contributed by atoms with Gasteiger partial charge < -0.3 is 4.74 Å². The first-order chi connectivity index (χ1) is 14.7. The zero-order chi connectivity index (χ0) is 23.2. The molecular formula is C22H18Cl2N4O3. The van der Waals surface area contributed by atoms with Gasteiger partial charge in [0.2, 0.25) is 0 Å². The Labute approximate surface area is 190 Å². The summed E-state index contributed by atoms with van der Waals surface area (Å²) in [7, 11) is 0. The van der Waals surface area contributed by atoms with Crippen LogP contribution in [0.25, 0.3) is 0 Å². The number of amides is 2. The third kappa shape index (κ3) is 5.16. The first-order valence-electron chi connectivity index (χ1n) is 9.02. The van der Waals surface area contributed by atoms with Crippen molar-refractivity contribution >= 4 is 40.9 Å². The molecule has 0 radical (unpaired) electrons. The van der Waals surface area contributed by atoms with E-state index >= 15 is 0 Å². The molecule has 0 heterocycles. The minimum Gasteiger partial charge on any atom is -0.448 e. The smallest absolute Gasteiger partial charge is 0.436 e. The molecule has 1 unspecified atom stereocenters. The molecule has 0 fully saturated rings. The predicted octanol–water partition coefficient (Wildman–Crippen LogP) is 5.05. The van der Waals surface area contributed by atoms with Crippen molar-refractivity contribution in [3.63, 3.8) is 0 Å². The Balaban J connectivity index is 2.42. The Morgan fingerprint density at radius 3 is 2.39 bits per heavy atom. The van der Waals surface area contributed by atoms with Crippen molar-refractivity contribution in [2.24, 2.45) is 0 Å². The van der Waals surface area contributed by atoms with Crippen LogP contribution in [-0.4, -0.2) is 23.6 Å². The Hall–Kier alpha value is -3.52. The zero-order valence-electron chi connectivity index (χ0n) is 16.8. The highest BCUT2D eigenvalue weighted by molar-refractivity contribution is 6.35. The number of carbonyl (C=O) groups excluding carboxylic acids is 2. The Morgan fingerprint density at radius 1 is 1.23 bits per heavy atom. The van der Waals surface area contributed by atoms with E-state index < -0.39 is 22.4 Å². The second kappa shape index (κ2) is 9.99. The van der Waals surface area contributed by atoms with Gasteiger partial charge in [-0.05, 0) is 31.5 Å². The number of hydrogen-bond acceptors (Lipinski definition) is 6. The van der Waals surface area contributed by atoms with Gasteiger partial charge in [0.25, 0.3) is 5.91 Å². The molecule has 2 aromatic rings. The molecule has 0 aliphatic rings. The van der Waals surface area contributed by atoms with Gasteiger partial charge in [-0.2, -0.15) is 10.5 Å². The fraction of sp³-hybridized carbons (Fsp3) is 0.182. The van der Waals surface area contributed by atoms with Crippen molar-refractivity contribution in [3.8, 4) is 12.1 Å². The predicted molar refractivity (Wildman–Crippen MR) is 117 cm³/mol. The summed E-state index contributed by atoms with van der Waals surface area (Å²) < 4.78 is 4.84. The maximum Gasteiger partial charge on any atom is 0.436 e. The van der Waals surface area contributed by atoms with E-state index in [1.807, 2.05) is 19.1 Å². The number of aryl methyl sites for hydroxylation is 1. The standard InChI is InChI=1S/C22H18Cl2N4O3/c1-4-31-21(30)28(20(29)15(3)12-25)27-17-9-10-18(19(23)11-17)22(24,13-26)16-7-5-14(2)6-8-16/h5-11,27H,3-4H2,1-2H3. The third-order valence-corrected chi connectivity index (χ3v) is 5.05. The van der Waals surface area contributed by atoms with Gasteiger partial charge in [0.1, 0.15) is 11.6 Å². The fourth-order valence-corrected chi connectivity index (χ4v) is 3.27. The number of nitriles is 2. The van der Waals surface area contributed by atoms with Crippen molar-refractivity contribution in [1.29, 1.82) is 10.5 Å². The number of anilines is 1. The normalized spacial score (nSPS) is 11.9. The second-order valence-corrected chi connectivity index (χ2v) is 7.35. The van der Waals surface area contributed by atoms with Gasteiger partial charge >= 0.3 is 6.09 Å². The summed E-state index contributed by atoms with van der Waals surface area (Å²) >= 11 is 13.0. The Bertz CT molecular complexity index is 1100. The van der Waals surface area contributed by atoms with Crippen molar-refractivity contribution < 1.29 is 14.3 Å². The van der Waals surface area contributed by atoms with E-state index in [0.29, 0.717) is 16.1 Å². The largest absolute Gasteiger partial charge is 0.448 e. The molecule has 0 spiro atoms. The second-order valence-electron chi connectivity index (χ2n) is 6.37. The molecule has 1 atom stereocenters. The third-order valence-electron chi connectivity index (χ3n) is 4.23. The van der Waals surface area contributed by atoms with E-state index in [2.05, 4.69) is 18.1 Å². The Kier molecular flexibility index (Phi) is 7.66. The van der Waals surface area contributed by atoms with Crippen LogP contribution in [0.4, 0.5) is 10.5 Å². The van der Waals surface area contributed by atoms with Crippen LogP contribution in [0.2, 0.25) is 5.02 Å². The molecule has 31 heavy (non-hydrogen) atoms.